The summed E-state index contributed by atoms with van der Waals surface area (Å²) in [7, 11) is 1.15. The molecule has 1 fully saturated rings. The fraction of sp³-hybridized carbons (Fsp3) is 0.333. The molecule has 10 nitrogen and oxygen atoms in total. The molecule has 13 heteroatoms. The highest BCUT2D eigenvalue weighted by Crippen LogP contribution is 2.47. The van der Waals surface area contributed by atoms with E-state index in [0.29, 0.717) is 4.57 Å². The van der Waals surface area contributed by atoms with Crippen LogP contribution in [0.15, 0.2) is 44.7 Å². The van der Waals surface area contributed by atoms with Crippen molar-refractivity contribution in [1.29, 1.82) is 0 Å². The maximum atomic E-state index is 14.2. The summed E-state index contributed by atoms with van der Waals surface area (Å²) < 4.78 is 48.1. The number of likely N-dealkylation sites (tertiary alicyclic amines) is 1. The van der Waals surface area contributed by atoms with Gasteiger partial charge in [-0.3, -0.25) is 19.1 Å². The van der Waals surface area contributed by atoms with Crippen LogP contribution < -0.4 is 11.2 Å². The molecular weight excluding hydrogens is 421 g/mol. The van der Waals surface area contributed by atoms with Gasteiger partial charge in [0.05, 0.1) is 0 Å². The lowest BCUT2D eigenvalue weighted by Gasteiger charge is -2.27. The molecule has 1 N–H and O–H groups in total. The maximum Gasteiger partial charge on any atom is 0.405 e. The van der Waals surface area contributed by atoms with Crippen LogP contribution in [0.2, 0.25) is 0 Å². The van der Waals surface area contributed by atoms with Crippen LogP contribution in [0.3, 0.4) is 0 Å². The number of nitrogens with zero attached hydrogens (tertiary/aromatic N) is 5. The van der Waals surface area contributed by atoms with E-state index in [0.717, 1.165) is 18.1 Å². The summed E-state index contributed by atoms with van der Waals surface area (Å²) in [6, 6.07) is 4.77. The van der Waals surface area contributed by atoms with Gasteiger partial charge in [0.15, 0.2) is 5.41 Å². The second-order valence-electron chi connectivity index (χ2n) is 7.07. The fourth-order valence-electron chi connectivity index (χ4n) is 3.42. The van der Waals surface area contributed by atoms with Crippen LogP contribution in [0.25, 0.3) is 11.5 Å². The quantitative estimate of drug-likeness (QED) is 0.645. The SMILES string of the molecule is Cn1c(=O)[nH]cc(C(=O)N2CCC(c3nc(-c4ccccn4)no3)(C(F)(F)F)C2)c1=O. The number of nitrogens with one attached hydrogen (secondary N) is 1. The third-order valence-corrected chi connectivity index (χ3v) is 5.24. The molecular formula is C18H15F3N6O4. The smallest absolute Gasteiger partial charge is 0.338 e. The Labute approximate surface area is 171 Å². The average Bonchev–Trinajstić information content (AvgIpc) is 3.40. The van der Waals surface area contributed by atoms with Crippen molar-refractivity contribution < 1.29 is 22.5 Å². The first-order valence-corrected chi connectivity index (χ1v) is 9.04. The number of aromatic nitrogens is 5. The highest BCUT2D eigenvalue weighted by Gasteiger charge is 2.63. The van der Waals surface area contributed by atoms with Crippen LogP contribution in [0.5, 0.6) is 0 Å². The molecule has 0 radical (unpaired) electrons. The second-order valence-corrected chi connectivity index (χ2v) is 7.07. The minimum Gasteiger partial charge on any atom is -0.338 e. The van der Waals surface area contributed by atoms with Gasteiger partial charge in [-0.05, 0) is 18.6 Å². The van der Waals surface area contributed by atoms with Gasteiger partial charge in [0.1, 0.15) is 11.3 Å². The molecule has 162 valence electrons. The standard InChI is InChI=1S/C18H15F3N6O4/c1-26-13(28)10(8-23-16(26)30)14(29)27-7-5-17(9-27,18(19,20)21)15-24-12(25-31-15)11-4-2-3-6-22-11/h2-4,6,8H,5,7,9H2,1H3,(H,23,30). The Morgan fingerprint density at radius 1 is 1.29 bits per heavy atom. The van der Waals surface area contributed by atoms with Gasteiger partial charge < -0.3 is 14.4 Å². The first-order chi connectivity index (χ1) is 14.6. The lowest BCUT2D eigenvalue weighted by Crippen LogP contribution is -2.47. The zero-order valence-corrected chi connectivity index (χ0v) is 16.0. The molecule has 4 rings (SSSR count). The van der Waals surface area contributed by atoms with Crippen molar-refractivity contribution in [3.05, 3.63) is 62.9 Å². The predicted octanol–water partition coefficient (Wildman–Crippen LogP) is 0.865. The van der Waals surface area contributed by atoms with Crippen LogP contribution in [0.1, 0.15) is 22.7 Å². The van der Waals surface area contributed by atoms with E-state index in [1.165, 1.54) is 12.3 Å². The van der Waals surface area contributed by atoms with Crippen molar-refractivity contribution >= 4 is 5.91 Å². The molecule has 4 heterocycles. The Morgan fingerprint density at radius 3 is 2.74 bits per heavy atom. The van der Waals surface area contributed by atoms with Crippen LogP contribution in [0, 0.1) is 0 Å². The number of pyridine rings is 1. The van der Waals surface area contributed by atoms with E-state index in [2.05, 4.69) is 20.1 Å². The van der Waals surface area contributed by atoms with Crippen molar-refractivity contribution in [2.45, 2.75) is 18.0 Å². The van der Waals surface area contributed by atoms with E-state index in [4.69, 9.17) is 4.52 Å². The lowest BCUT2D eigenvalue weighted by molar-refractivity contribution is -0.193. The number of alkyl halides is 3. The number of H-pyrrole nitrogens is 1. The molecule has 3 aromatic heterocycles. The first-order valence-electron chi connectivity index (χ1n) is 9.04. The van der Waals surface area contributed by atoms with Crippen molar-refractivity contribution in [1.82, 2.24) is 29.6 Å². The van der Waals surface area contributed by atoms with E-state index < -0.39 is 53.2 Å². The van der Waals surface area contributed by atoms with E-state index in [1.54, 1.807) is 12.1 Å². The number of hydrogen-bond donors (Lipinski definition) is 1. The van der Waals surface area contributed by atoms with Crippen LogP contribution in [-0.2, 0) is 12.5 Å². The van der Waals surface area contributed by atoms with Crippen molar-refractivity contribution in [2.24, 2.45) is 7.05 Å². The summed E-state index contributed by atoms with van der Waals surface area (Å²) in [6.45, 7) is -1.12. The Hall–Kier alpha value is -3.77. The van der Waals surface area contributed by atoms with Gasteiger partial charge in [-0.15, -0.1) is 0 Å². The Bertz CT molecular complexity index is 1250. The fourth-order valence-corrected chi connectivity index (χ4v) is 3.42. The monoisotopic (exact) mass is 436 g/mol. The highest BCUT2D eigenvalue weighted by atomic mass is 19.4. The van der Waals surface area contributed by atoms with Crippen molar-refractivity contribution in [3.8, 4) is 11.5 Å². The number of amides is 1. The molecule has 3 aromatic rings. The van der Waals surface area contributed by atoms with E-state index in [9.17, 15) is 27.6 Å². The van der Waals surface area contributed by atoms with Crippen molar-refractivity contribution in [3.63, 3.8) is 0 Å². The van der Waals surface area contributed by atoms with E-state index in [1.807, 2.05) is 0 Å². The first kappa shape index (κ1) is 20.5. The summed E-state index contributed by atoms with van der Waals surface area (Å²) >= 11 is 0. The molecule has 1 unspecified atom stereocenters. The molecule has 31 heavy (non-hydrogen) atoms. The average molecular weight is 436 g/mol. The van der Waals surface area contributed by atoms with Gasteiger partial charge in [-0.2, -0.15) is 18.2 Å². The maximum absolute atomic E-state index is 14.2. The minimum absolute atomic E-state index is 0.112. The van der Waals surface area contributed by atoms with Gasteiger partial charge >= 0.3 is 11.9 Å². The number of halogens is 3. The molecule has 1 atom stereocenters. The Morgan fingerprint density at radius 2 is 2.06 bits per heavy atom. The molecule has 1 aliphatic heterocycles. The lowest BCUT2D eigenvalue weighted by atomic mass is 9.86. The summed E-state index contributed by atoms with van der Waals surface area (Å²) in [5.41, 5.74) is -4.47. The number of carbonyl (C=O) groups is 1. The topological polar surface area (TPSA) is 127 Å². The van der Waals surface area contributed by atoms with Gasteiger partial charge in [0.2, 0.25) is 11.7 Å². The molecule has 0 spiro atoms. The third kappa shape index (κ3) is 3.31. The molecule has 1 aliphatic rings. The van der Waals surface area contributed by atoms with Gasteiger partial charge in [-0.25, -0.2) is 4.79 Å². The van der Waals surface area contributed by atoms with E-state index >= 15 is 0 Å². The second kappa shape index (κ2) is 7.18. The van der Waals surface area contributed by atoms with Crippen LogP contribution in [0.4, 0.5) is 13.2 Å². The number of aromatic amines is 1. The summed E-state index contributed by atoms with van der Waals surface area (Å²) in [4.78, 5) is 47.4. The molecule has 1 amide bonds. The zero-order valence-electron chi connectivity index (χ0n) is 16.0. The number of rotatable bonds is 3. The predicted molar refractivity (Wildman–Crippen MR) is 98.1 cm³/mol. The van der Waals surface area contributed by atoms with E-state index in [-0.39, 0.29) is 18.1 Å². The van der Waals surface area contributed by atoms with Crippen LogP contribution >= 0.6 is 0 Å². The van der Waals surface area contributed by atoms with Gasteiger partial charge in [-0.1, -0.05) is 11.2 Å². The summed E-state index contributed by atoms with van der Waals surface area (Å²) in [5.74, 6) is -1.74. The molecule has 1 saturated heterocycles. The molecule has 0 bridgehead atoms. The molecule has 0 saturated carbocycles. The summed E-state index contributed by atoms with van der Waals surface area (Å²) in [5, 5.41) is 3.61. The largest absolute Gasteiger partial charge is 0.405 e. The minimum atomic E-state index is -4.81. The van der Waals surface area contributed by atoms with Gasteiger partial charge in [0, 0.05) is 32.5 Å². The molecule has 0 aliphatic carbocycles. The number of hydrogen-bond acceptors (Lipinski definition) is 7. The third-order valence-electron chi connectivity index (χ3n) is 5.24. The Balaban J connectivity index is 1.69. The normalized spacial score (nSPS) is 19.0. The number of carbonyl (C=O) groups excluding carboxylic acids is 1. The van der Waals surface area contributed by atoms with Gasteiger partial charge in [0.25, 0.3) is 11.5 Å². The Kier molecular flexibility index (Phi) is 4.75. The van der Waals surface area contributed by atoms with Crippen molar-refractivity contribution in [2.75, 3.05) is 13.1 Å². The van der Waals surface area contributed by atoms with Crippen LogP contribution in [-0.4, -0.2) is 54.7 Å². The summed E-state index contributed by atoms with van der Waals surface area (Å²) in [6.07, 6.45) is -3.01. The highest BCUT2D eigenvalue weighted by molar-refractivity contribution is 5.93. The molecule has 0 aromatic carbocycles. The zero-order chi connectivity index (χ0) is 22.4.